The number of nitrogens with two attached hydrogens (primary N) is 1. The lowest BCUT2D eigenvalue weighted by molar-refractivity contribution is 1.54. The highest BCUT2D eigenvalue weighted by molar-refractivity contribution is 5.85. The molecule has 2 nitrogen and oxygen atoms in total. The third kappa shape index (κ3) is 1.51. The summed E-state index contributed by atoms with van der Waals surface area (Å²) >= 11 is 0. The van der Waals surface area contributed by atoms with E-state index in [0.717, 1.165) is 5.69 Å². The molecule has 2 N–H and O–H groups in total. The molecular weight excluding hydrogens is 160 g/mol. The summed E-state index contributed by atoms with van der Waals surface area (Å²) in [5.74, 6) is 0. The van der Waals surface area contributed by atoms with Crippen molar-refractivity contribution in [2.75, 3.05) is 0 Å². The SMILES string of the molecule is NC=Nc1ccc2ccccc2c1. The number of fused-ring (bicyclic) bond motifs is 1. The second-order valence-corrected chi connectivity index (χ2v) is 2.81. The van der Waals surface area contributed by atoms with E-state index in [1.807, 2.05) is 30.3 Å². The fourth-order valence-corrected chi connectivity index (χ4v) is 1.34. The Morgan fingerprint density at radius 2 is 1.77 bits per heavy atom. The molecule has 0 aliphatic carbocycles. The van der Waals surface area contributed by atoms with E-state index in [-0.39, 0.29) is 0 Å². The normalized spacial score (nSPS) is 11.1. The van der Waals surface area contributed by atoms with E-state index in [2.05, 4.69) is 17.1 Å². The summed E-state index contributed by atoms with van der Waals surface area (Å²) in [6.07, 6.45) is 1.31. The molecule has 2 heteroatoms. The fourth-order valence-electron chi connectivity index (χ4n) is 1.34. The molecule has 0 atom stereocenters. The predicted molar refractivity (Wildman–Crippen MR) is 56.3 cm³/mol. The molecular formula is C11H10N2. The molecule has 0 aliphatic rings. The van der Waals surface area contributed by atoms with Gasteiger partial charge < -0.3 is 5.73 Å². The fraction of sp³-hybridized carbons (Fsp3) is 0. The molecule has 2 aromatic rings. The summed E-state index contributed by atoms with van der Waals surface area (Å²) in [6, 6.07) is 14.2. The van der Waals surface area contributed by atoms with Crippen LogP contribution in [0, 0.1) is 0 Å². The Morgan fingerprint density at radius 3 is 2.54 bits per heavy atom. The smallest absolute Gasteiger partial charge is 0.0860 e. The van der Waals surface area contributed by atoms with Gasteiger partial charge in [0.05, 0.1) is 12.0 Å². The molecule has 0 spiro atoms. The van der Waals surface area contributed by atoms with Gasteiger partial charge in [0.2, 0.25) is 0 Å². The number of rotatable bonds is 1. The van der Waals surface area contributed by atoms with E-state index in [1.54, 1.807) is 0 Å². The van der Waals surface area contributed by atoms with E-state index in [4.69, 9.17) is 5.73 Å². The van der Waals surface area contributed by atoms with Gasteiger partial charge in [-0.05, 0) is 22.9 Å². The molecule has 0 saturated heterocycles. The van der Waals surface area contributed by atoms with Gasteiger partial charge in [0.1, 0.15) is 0 Å². The number of nitrogens with zero attached hydrogens (tertiary/aromatic N) is 1. The van der Waals surface area contributed by atoms with Crippen molar-refractivity contribution in [2.45, 2.75) is 0 Å². The number of benzene rings is 2. The van der Waals surface area contributed by atoms with E-state index >= 15 is 0 Å². The first-order valence-electron chi connectivity index (χ1n) is 4.13. The van der Waals surface area contributed by atoms with Crippen LogP contribution in [0.3, 0.4) is 0 Å². The number of hydrogen-bond acceptors (Lipinski definition) is 1. The first-order valence-corrected chi connectivity index (χ1v) is 4.13. The van der Waals surface area contributed by atoms with Crippen molar-refractivity contribution in [1.82, 2.24) is 0 Å². The molecule has 0 aromatic heterocycles. The molecule has 2 rings (SSSR count). The highest BCUT2D eigenvalue weighted by Crippen LogP contribution is 2.20. The van der Waals surface area contributed by atoms with Crippen molar-refractivity contribution >= 4 is 22.8 Å². The standard InChI is InChI=1S/C11H10N2/c12-8-13-11-6-5-9-3-1-2-4-10(9)7-11/h1-8H,(H2,12,13). The molecule has 0 heterocycles. The second-order valence-electron chi connectivity index (χ2n) is 2.81. The summed E-state index contributed by atoms with van der Waals surface area (Å²) in [6.45, 7) is 0. The molecule has 2 aromatic carbocycles. The van der Waals surface area contributed by atoms with Crippen molar-refractivity contribution in [3.63, 3.8) is 0 Å². The van der Waals surface area contributed by atoms with Crippen molar-refractivity contribution in [2.24, 2.45) is 10.7 Å². The Balaban J connectivity index is 2.62. The van der Waals surface area contributed by atoms with E-state index in [0.29, 0.717) is 0 Å². The van der Waals surface area contributed by atoms with Crippen LogP contribution in [0.25, 0.3) is 10.8 Å². The molecule has 0 aliphatic heterocycles. The lowest BCUT2D eigenvalue weighted by Gasteiger charge is -1.97. The van der Waals surface area contributed by atoms with Crippen molar-refractivity contribution < 1.29 is 0 Å². The molecule has 0 amide bonds. The Hall–Kier alpha value is -1.83. The highest BCUT2D eigenvalue weighted by atomic mass is 14.8. The van der Waals surface area contributed by atoms with Crippen LogP contribution in [0.5, 0.6) is 0 Å². The second kappa shape index (κ2) is 3.27. The Labute approximate surface area is 76.7 Å². The van der Waals surface area contributed by atoms with Gasteiger partial charge in [-0.15, -0.1) is 0 Å². The van der Waals surface area contributed by atoms with Crippen LogP contribution in [-0.2, 0) is 0 Å². The van der Waals surface area contributed by atoms with Gasteiger partial charge in [-0.25, -0.2) is 4.99 Å². The van der Waals surface area contributed by atoms with Gasteiger partial charge >= 0.3 is 0 Å². The Morgan fingerprint density at radius 1 is 1.00 bits per heavy atom. The molecule has 64 valence electrons. The van der Waals surface area contributed by atoms with Crippen LogP contribution in [-0.4, -0.2) is 6.34 Å². The maximum absolute atomic E-state index is 5.21. The zero-order chi connectivity index (χ0) is 9.10. The van der Waals surface area contributed by atoms with Gasteiger partial charge in [-0.3, -0.25) is 0 Å². The molecule has 13 heavy (non-hydrogen) atoms. The number of hydrogen-bond donors (Lipinski definition) is 1. The summed E-state index contributed by atoms with van der Waals surface area (Å²) < 4.78 is 0. The minimum atomic E-state index is 0.890. The van der Waals surface area contributed by atoms with Gasteiger partial charge in [0.15, 0.2) is 0 Å². The maximum atomic E-state index is 5.21. The maximum Gasteiger partial charge on any atom is 0.0860 e. The lowest BCUT2D eigenvalue weighted by Crippen LogP contribution is -1.86. The number of aliphatic imine (C=N–C) groups is 1. The van der Waals surface area contributed by atoms with Crippen LogP contribution in [0.4, 0.5) is 5.69 Å². The first-order chi connectivity index (χ1) is 6.40. The average Bonchev–Trinajstić information content (AvgIpc) is 2.18. The zero-order valence-electron chi connectivity index (χ0n) is 7.14. The average molecular weight is 170 g/mol. The summed E-state index contributed by atoms with van der Waals surface area (Å²) in [7, 11) is 0. The van der Waals surface area contributed by atoms with Gasteiger partial charge in [0.25, 0.3) is 0 Å². The topological polar surface area (TPSA) is 38.4 Å². The van der Waals surface area contributed by atoms with E-state index < -0.39 is 0 Å². The van der Waals surface area contributed by atoms with E-state index in [9.17, 15) is 0 Å². The third-order valence-electron chi connectivity index (χ3n) is 1.96. The largest absolute Gasteiger partial charge is 0.390 e. The van der Waals surface area contributed by atoms with Crippen LogP contribution in [0.1, 0.15) is 0 Å². The minimum absolute atomic E-state index is 0.890. The Bertz CT molecular complexity index is 447. The van der Waals surface area contributed by atoms with Crippen LogP contribution in [0.15, 0.2) is 47.5 Å². The molecule has 0 unspecified atom stereocenters. The van der Waals surface area contributed by atoms with Crippen molar-refractivity contribution in [1.29, 1.82) is 0 Å². The summed E-state index contributed by atoms with van der Waals surface area (Å²) in [5.41, 5.74) is 6.10. The minimum Gasteiger partial charge on any atom is -0.390 e. The predicted octanol–water partition coefficient (Wildman–Crippen LogP) is 2.46. The van der Waals surface area contributed by atoms with Crippen LogP contribution < -0.4 is 5.73 Å². The van der Waals surface area contributed by atoms with Crippen molar-refractivity contribution in [3.05, 3.63) is 42.5 Å². The van der Waals surface area contributed by atoms with Gasteiger partial charge in [-0.2, -0.15) is 0 Å². The van der Waals surface area contributed by atoms with Crippen LogP contribution >= 0.6 is 0 Å². The summed E-state index contributed by atoms with van der Waals surface area (Å²) in [4.78, 5) is 4.01. The molecule has 0 bridgehead atoms. The Kier molecular flexibility index (Phi) is 1.96. The van der Waals surface area contributed by atoms with Crippen molar-refractivity contribution in [3.8, 4) is 0 Å². The highest BCUT2D eigenvalue weighted by Gasteiger charge is 1.92. The van der Waals surface area contributed by atoms with Gasteiger partial charge in [0, 0.05) is 0 Å². The zero-order valence-corrected chi connectivity index (χ0v) is 7.14. The first kappa shape index (κ1) is 7.80. The summed E-state index contributed by atoms with van der Waals surface area (Å²) in [5, 5.41) is 2.41. The monoisotopic (exact) mass is 170 g/mol. The molecule has 0 radical (unpaired) electrons. The molecule has 0 fully saturated rings. The van der Waals surface area contributed by atoms with Gasteiger partial charge in [-0.1, -0.05) is 30.3 Å². The molecule has 0 saturated carbocycles. The third-order valence-corrected chi connectivity index (χ3v) is 1.96. The lowest BCUT2D eigenvalue weighted by atomic mass is 10.1. The quantitative estimate of drug-likeness (QED) is 0.518. The van der Waals surface area contributed by atoms with E-state index in [1.165, 1.54) is 17.1 Å². The van der Waals surface area contributed by atoms with Crippen LogP contribution in [0.2, 0.25) is 0 Å².